The fourth-order valence-electron chi connectivity index (χ4n) is 2.68. The minimum atomic E-state index is -3.45. The second-order valence-electron chi connectivity index (χ2n) is 7.84. The Labute approximate surface area is 158 Å². The lowest BCUT2D eigenvalue weighted by Crippen LogP contribution is -2.25. The lowest BCUT2D eigenvalue weighted by Gasteiger charge is -2.19. The molecule has 0 bridgehead atoms. The van der Waals surface area contributed by atoms with Gasteiger partial charge in [-0.1, -0.05) is 45.0 Å². The third-order valence-corrected chi connectivity index (χ3v) is 5.89. The molecular formula is C21H30N2O2S. The summed E-state index contributed by atoms with van der Waals surface area (Å²) < 4.78 is 27.5. The van der Waals surface area contributed by atoms with E-state index in [2.05, 4.69) is 54.7 Å². The quantitative estimate of drug-likeness (QED) is 0.746. The van der Waals surface area contributed by atoms with Crippen LogP contribution in [0.15, 0.2) is 53.4 Å². The van der Waals surface area contributed by atoms with Crippen LogP contribution in [-0.4, -0.2) is 29.1 Å². The molecule has 1 N–H and O–H groups in total. The molecule has 0 fully saturated rings. The van der Waals surface area contributed by atoms with Gasteiger partial charge in [0.25, 0.3) is 0 Å². The van der Waals surface area contributed by atoms with Crippen LogP contribution in [0.25, 0.3) is 0 Å². The Morgan fingerprint density at radius 3 is 2.00 bits per heavy atom. The van der Waals surface area contributed by atoms with E-state index in [1.807, 2.05) is 26.2 Å². The average molecular weight is 375 g/mol. The first-order valence-corrected chi connectivity index (χ1v) is 10.4. The second-order valence-corrected chi connectivity index (χ2v) is 9.60. The Morgan fingerprint density at radius 1 is 0.923 bits per heavy atom. The Balaban J connectivity index is 1.88. The molecule has 0 saturated carbocycles. The first kappa shape index (κ1) is 20.5. The summed E-state index contributed by atoms with van der Waals surface area (Å²) in [6.45, 7) is 6.76. The zero-order chi connectivity index (χ0) is 19.4. The predicted molar refractivity (Wildman–Crippen MR) is 109 cm³/mol. The lowest BCUT2D eigenvalue weighted by molar-refractivity contribution is 0.576. The van der Waals surface area contributed by atoms with Crippen LogP contribution in [-0.2, 0) is 21.9 Å². The molecule has 0 radical (unpaired) electrons. The predicted octanol–water partition coefficient (Wildman–Crippen LogP) is 3.96. The highest BCUT2D eigenvalue weighted by molar-refractivity contribution is 7.89. The number of benzene rings is 2. The van der Waals surface area contributed by atoms with Gasteiger partial charge in [-0.05, 0) is 53.6 Å². The van der Waals surface area contributed by atoms with Crippen LogP contribution in [0.4, 0.5) is 5.69 Å². The number of nitrogens with one attached hydrogen (secondary N) is 1. The van der Waals surface area contributed by atoms with Crippen LogP contribution in [0.5, 0.6) is 0 Å². The van der Waals surface area contributed by atoms with E-state index >= 15 is 0 Å². The van der Waals surface area contributed by atoms with Crippen LogP contribution in [0, 0.1) is 0 Å². The molecular weight excluding hydrogens is 344 g/mol. The molecule has 2 aromatic rings. The van der Waals surface area contributed by atoms with E-state index in [1.165, 1.54) is 5.56 Å². The van der Waals surface area contributed by atoms with Crippen molar-refractivity contribution in [3.8, 4) is 0 Å². The molecule has 4 nitrogen and oxygen atoms in total. The summed E-state index contributed by atoms with van der Waals surface area (Å²) in [4.78, 5) is 2.38. The van der Waals surface area contributed by atoms with Gasteiger partial charge in [0.2, 0.25) is 10.0 Å². The molecule has 0 saturated heterocycles. The Bertz CT molecular complexity index is 803. The van der Waals surface area contributed by atoms with Crippen molar-refractivity contribution in [2.24, 2.45) is 0 Å². The number of nitrogens with zero attached hydrogens (tertiary/aromatic N) is 1. The van der Waals surface area contributed by atoms with Crippen LogP contribution >= 0.6 is 0 Å². The maximum Gasteiger partial charge on any atom is 0.240 e. The summed E-state index contributed by atoms with van der Waals surface area (Å²) in [7, 11) is 0.572. The lowest BCUT2D eigenvalue weighted by atomic mass is 9.87. The van der Waals surface area contributed by atoms with E-state index in [0.717, 1.165) is 24.1 Å². The number of rotatable bonds is 7. The SMILES string of the molecule is CN(C)c1ccc(CCCNS(=O)(=O)c2ccc(C(C)(C)C)cc2)cc1. The molecule has 0 aliphatic heterocycles. The van der Waals surface area contributed by atoms with Gasteiger partial charge in [-0.15, -0.1) is 0 Å². The van der Waals surface area contributed by atoms with E-state index in [9.17, 15) is 8.42 Å². The third-order valence-electron chi connectivity index (χ3n) is 4.42. The highest BCUT2D eigenvalue weighted by atomic mass is 32.2. The average Bonchev–Trinajstić information content (AvgIpc) is 2.58. The topological polar surface area (TPSA) is 49.4 Å². The molecule has 0 amide bonds. The van der Waals surface area contributed by atoms with Crippen LogP contribution in [0.1, 0.15) is 38.3 Å². The summed E-state index contributed by atoms with van der Waals surface area (Å²) in [5.74, 6) is 0. The fraction of sp³-hybridized carbons (Fsp3) is 0.429. The molecule has 0 spiro atoms. The van der Waals surface area contributed by atoms with Crippen molar-refractivity contribution in [3.05, 3.63) is 59.7 Å². The summed E-state index contributed by atoms with van der Waals surface area (Å²) >= 11 is 0. The molecule has 0 atom stereocenters. The molecule has 2 aromatic carbocycles. The number of aryl methyl sites for hydroxylation is 1. The van der Waals surface area contributed by atoms with Crippen LogP contribution < -0.4 is 9.62 Å². The highest BCUT2D eigenvalue weighted by Crippen LogP contribution is 2.23. The van der Waals surface area contributed by atoms with Gasteiger partial charge in [-0.25, -0.2) is 13.1 Å². The van der Waals surface area contributed by atoms with Crippen molar-refractivity contribution in [1.82, 2.24) is 4.72 Å². The van der Waals surface area contributed by atoms with Crippen molar-refractivity contribution in [1.29, 1.82) is 0 Å². The van der Waals surface area contributed by atoms with Gasteiger partial charge in [0.05, 0.1) is 4.90 Å². The summed E-state index contributed by atoms with van der Waals surface area (Å²) in [5.41, 5.74) is 3.51. The van der Waals surface area contributed by atoms with Crippen LogP contribution in [0.2, 0.25) is 0 Å². The van der Waals surface area contributed by atoms with E-state index < -0.39 is 10.0 Å². The first-order chi connectivity index (χ1) is 12.1. The Morgan fingerprint density at radius 2 is 1.50 bits per heavy atom. The van der Waals surface area contributed by atoms with E-state index in [0.29, 0.717) is 11.4 Å². The zero-order valence-corrected chi connectivity index (χ0v) is 17.2. The number of sulfonamides is 1. The molecule has 0 aromatic heterocycles. The van der Waals surface area contributed by atoms with Gasteiger partial charge in [-0.2, -0.15) is 0 Å². The van der Waals surface area contributed by atoms with Gasteiger partial charge < -0.3 is 4.90 Å². The van der Waals surface area contributed by atoms with Gasteiger partial charge in [0.15, 0.2) is 0 Å². The van der Waals surface area contributed by atoms with Gasteiger partial charge >= 0.3 is 0 Å². The summed E-state index contributed by atoms with van der Waals surface area (Å²) in [6, 6.07) is 15.5. The van der Waals surface area contributed by atoms with E-state index in [1.54, 1.807) is 12.1 Å². The molecule has 5 heteroatoms. The molecule has 0 aliphatic carbocycles. The van der Waals surface area contributed by atoms with Crippen molar-refractivity contribution in [2.75, 3.05) is 25.5 Å². The monoisotopic (exact) mass is 374 g/mol. The second kappa shape index (κ2) is 8.23. The number of anilines is 1. The van der Waals surface area contributed by atoms with Gasteiger partial charge in [0, 0.05) is 26.3 Å². The molecule has 2 rings (SSSR count). The highest BCUT2D eigenvalue weighted by Gasteiger charge is 2.17. The zero-order valence-electron chi connectivity index (χ0n) is 16.4. The van der Waals surface area contributed by atoms with E-state index in [-0.39, 0.29) is 5.41 Å². The normalized spacial score (nSPS) is 12.2. The number of hydrogen-bond acceptors (Lipinski definition) is 3. The molecule has 26 heavy (non-hydrogen) atoms. The first-order valence-electron chi connectivity index (χ1n) is 8.96. The smallest absolute Gasteiger partial charge is 0.240 e. The van der Waals surface area contributed by atoms with Gasteiger partial charge in [-0.3, -0.25) is 0 Å². The van der Waals surface area contributed by atoms with Crippen molar-refractivity contribution < 1.29 is 8.42 Å². The van der Waals surface area contributed by atoms with Crippen molar-refractivity contribution in [3.63, 3.8) is 0 Å². The van der Waals surface area contributed by atoms with Crippen molar-refractivity contribution >= 4 is 15.7 Å². The van der Waals surface area contributed by atoms with E-state index in [4.69, 9.17) is 0 Å². The molecule has 0 aliphatic rings. The Kier molecular flexibility index (Phi) is 6.48. The summed E-state index contributed by atoms with van der Waals surface area (Å²) in [6.07, 6.45) is 1.61. The molecule has 0 unspecified atom stereocenters. The number of hydrogen-bond donors (Lipinski definition) is 1. The standard InChI is InChI=1S/C21H30N2O2S/c1-21(2,3)18-10-14-20(15-11-18)26(24,25)22-16-6-7-17-8-12-19(13-9-17)23(4)5/h8-15,22H,6-7,16H2,1-5H3. The minimum Gasteiger partial charge on any atom is -0.378 e. The minimum absolute atomic E-state index is 0.0118. The third kappa shape index (κ3) is 5.58. The maximum atomic E-state index is 12.4. The van der Waals surface area contributed by atoms with Gasteiger partial charge in [0.1, 0.15) is 0 Å². The largest absolute Gasteiger partial charge is 0.378 e. The summed E-state index contributed by atoms with van der Waals surface area (Å²) in [5, 5.41) is 0. The van der Waals surface area contributed by atoms with Crippen molar-refractivity contribution in [2.45, 2.75) is 43.9 Å². The maximum absolute atomic E-state index is 12.4. The molecule has 142 valence electrons. The molecule has 0 heterocycles. The van der Waals surface area contributed by atoms with Crippen LogP contribution in [0.3, 0.4) is 0 Å². The fourth-order valence-corrected chi connectivity index (χ4v) is 3.75. The Hall–Kier alpha value is -1.85.